The van der Waals surface area contributed by atoms with Crippen molar-refractivity contribution in [2.45, 2.75) is 12.5 Å². The molecule has 0 saturated carbocycles. The molecule has 18 heavy (non-hydrogen) atoms. The first-order chi connectivity index (χ1) is 8.70. The van der Waals surface area contributed by atoms with E-state index in [0.717, 1.165) is 11.6 Å². The molecule has 3 N–H and O–H groups in total. The quantitative estimate of drug-likeness (QED) is 0.644. The Morgan fingerprint density at radius 3 is 2.50 bits per heavy atom. The lowest BCUT2D eigenvalue weighted by atomic mass is 10.00. The van der Waals surface area contributed by atoms with Gasteiger partial charge in [-0.3, -0.25) is 16.3 Å². The number of aromatic nitrogens is 1. The molecule has 0 aliphatic rings. The van der Waals surface area contributed by atoms with Gasteiger partial charge < -0.3 is 0 Å². The van der Waals surface area contributed by atoms with Crippen molar-refractivity contribution < 1.29 is 8.78 Å². The second kappa shape index (κ2) is 5.66. The summed E-state index contributed by atoms with van der Waals surface area (Å²) in [6.07, 6.45) is 3.62. The highest BCUT2D eigenvalue weighted by atomic mass is 19.1. The SMILES string of the molecule is NNC(Cc1ccc(F)cc1F)c1ccncc1. The third-order valence-electron chi connectivity index (χ3n) is 2.75. The largest absolute Gasteiger partial charge is 0.271 e. The van der Waals surface area contributed by atoms with E-state index in [1.165, 1.54) is 12.1 Å². The molecule has 0 spiro atoms. The molecule has 0 saturated heterocycles. The van der Waals surface area contributed by atoms with E-state index in [2.05, 4.69) is 10.4 Å². The fourth-order valence-electron chi connectivity index (χ4n) is 1.78. The molecule has 0 radical (unpaired) electrons. The topological polar surface area (TPSA) is 50.9 Å². The van der Waals surface area contributed by atoms with Crippen LogP contribution in [0.15, 0.2) is 42.7 Å². The van der Waals surface area contributed by atoms with E-state index in [-0.39, 0.29) is 6.04 Å². The molecule has 0 aliphatic heterocycles. The van der Waals surface area contributed by atoms with Gasteiger partial charge in [-0.2, -0.15) is 0 Å². The molecular formula is C13H13F2N3. The van der Waals surface area contributed by atoms with Gasteiger partial charge in [-0.15, -0.1) is 0 Å². The molecule has 3 nitrogen and oxygen atoms in total. The van der Waals surface area contributed by atoms with Crippen molar-refractivity contribution in [1.82, 2.24) is 10.4 Å². The summed E-state index contributed by atoms with van der Waals surface area (Å²) >= 11 is 0. The Hall–Kier alpha value is -1.85. The Balaban J connectivity index is 2.21. The number of pyridine rings is 1. The van der Waals surface area contributed by atoms with Crippen LogP contribution in [0.4, 0.5) is 8.78 Å². The van der Waals surface area contributed by atoms with Crippen LogP contribution in [0.2, 0.25) is 0 Å². The predicted molar refractivity (Wildman–Crippen MR) is 64.4 cm³/mol. The molecule has 0 amide bonds. The molecule has 2 aromatic rings. The fraction of sp³-hybridized carbons (Fsp3) is 0.154. The number of hydrazine groups is 1. The fourth-order valence-corrected chi connectivity index (χ4v) is 1.78. The number of benzene rings is 1. The van der Waals surface area contributed by atoms with Gasteiger partial charge in [0, 0.05) is 18.5 Å². The molecular weight excluding hydrogens is 236 g/mol. The summed E-state index contributed by atoms with van der Waals surface area (Å²) in [5, 5.41) is 0. The van der Waals surface area contributed by atoms with E-state index in [0.29, 0.717) is 12.0 Å². The van der Waals surface area contributed by atoms with Gasteiger partial charge in [-0.1, -0.05) is 6.07 Å². The monoisotopic (exact) mass is 249 g/mol. The lowest BCUT2D eigenvalue weighted by Gasteiger charge is -2.16. The number of rotatable bonds is 4. The van der Waals surface area contributed by atoms with Gasteiger partial charge in [0.25, 0.3) is 0 Å². The van der Waals surface area contributed by atoms with Gasteiger partial charge >= 0.3 is 0 Å². The van der Waals surface area contributed by atoms with Gasteiger partial charge in [0.2, 0.25) is 0 Å². The minimum atomic E-state index is -0.586. The zero-order valence-electron chi connectivity index (χ0n) is 9.61. The zero-order valence-corrected chi connectivity index (χ0v) is 9.61. The van der Waals surface area contributed by atoms with Crippen LogP contribution in [0.5, 0.6) is 0 Å². The first-order valence-electron chi connectivity index (χ1n) is 5.50. The molecule has 5 heteroatoms. The summed E-state index contributed by atoms with van der Waals surface area (Å²) in [6.45, 7) is 0. The molecule has 94 valence electrons. The Kier molecular flexibility index (Phi) is 3.96. The van der Waals surface area contributed by atoms with Crippen molar-refractivity contribution in [3.63, 3.8) is 0 Å². The van der Waals surface area contributed by atoms with E-state index in [1.54, 1.807) is 24.5 Å². The highest BCUT2D eigenvalue weighted by Crippen LogP contribution is 2.19. The van der Waals surface area contributed by atoms with Crippen LogP contribution in [-0.4, -0.2) is 4.98 Å². The van der Waals surface area contributed by atoms with Crippen LogP contribution in [-0.2, 0) is 6.42 Å². The van der Waals surface area contributed by atoms with E-state index >= 15 is 0 Å². The summed E-state index contributed by atoms with van der Waals surface area (Å²) in [4.78, 5) is 3.91. The lowest BCUT2D eigenvalue weighted by Crippen LogP contribution is -2.29. The van der Waals surface area contributed by atoms with E-state index in [4.69, 9.17) is 5.84 Å². The first-order valence-corrected chi connectivity index (χ1v) is 5.50. The standard InChI is InChI=1S/C13H13F2N3/c14-11-2-1-10(12(15)8-11)7-13(18-16)9-3-5-17-6-4-9/h1-6,8,13,18H,7,16H2. The second-order valence-corrected chi connectivity index (χ2v) is 3.94. The van der Waals surface area contributed by atoms with Gasteiger partial charge in [0.1, 0.15) is 11.6 Å². The lowest BCUT2D eigenvalue weighted by molar-refractivity contribution is 0.521. The van der Waals surface area contributed by atoms with E-state index in [1.807, 2.05) is 0 Å². The zero-order chi connectivity index (χ0) is 13.0. The molecule has 2 rings (SSSR count). The highest BCUT2D eigenvalue weighted by Gasteiger charge is 2.13. The number of nitrogens with one attached hydrogen (secondary N) is 1. The molecule has 1 atom stereocenters. The van der Waals surface area contributed by atoms with E-state index < -0.39 is 11.6 Å². The molecule has 0 fully saturated rings. The molecule has 1 heterocycles. The Morgan fingerprint density at radius 1 is 1.17 bits per heavy atom. The molecule has 1 unspecified atom stereocenters. The minimum Gasteiger partial charge on any atom is -0.271 e. The number of hydrogen-bond donors (Lipinski definition) is 2. The van der Waals surface area contributed by atoms with Crippen molar-refractivity contribution in [2.75, 3.05) is 0 Å². The van der Waals surface area contributed by atoms with Crippen LogP contribution in [0.1, 0.15) is 17.2 Å². The van der Waals surface area contributed by atoms with Crippen LogP contribution in [0.25, 0.3) is 0 Å². The number of hydrogen-bond acceptors (Lipinski definition) is 3. The van der Waals surface area contributed by atoms with Crippen molar-refractivity contribution >= 4 is 0 Å². The van der Waals surface area contributed by atoms with Gasteiger partial charge in [0.05, 0.1) is 6.04 Å². The summed E-state index contributed by atoms with van der Waals surface area (Å²) in [5.74, 6) is 4.31. The number of nitrogens with two attached hydrogens (primary N) is 1. The van der Waals surface area contributed by atoms with Crippen molar-refractivity contribution in [3.8, 4) is 0 Å². The predicted octanol–water partition coefficient (Wildman–Crippen LogP) is 2.11. The van der Waals surface area contributed by atoms with Crippen molar-refractivity contribution in [3.05, 3.63) is 65.5 Å². The maximum atomic E-state index is 13.5. The first kappa shape index (κ1) is 12.6. The summed E-state index contributed by atoms with van der Waals surface area (Å²) in [6, 6.07) is 6.88. The highest BCUT2D eigenvalue weighted by molar-refractivity contribution is 5.23. The molecule has 1 aromatic carbocycles. The Morgan fingerprint density at radius 2 is 1.89 bits per heavy atom. The van der Waals surface area contributed by atoms with Gasteiger partial charge in [-0.25, -0.2) is 8.78 Å². The average molecular weight is 249 g/mol. The van der Waals surface area contributed by atoms with Crippen molar-refractivity contribution in [1.29, 1.82) is 0 Å². The third-order valence-corrected chi connectivity index (χ3v) is 2.75. The Labute approximate surface area is 104 Å². The number of nitrogens with zero attached hydrogens (tertiary/aromatic N) is 1. The summed E-state index contributed by atoms with van der Waals surface area (Å²) < 4.78 is 26.3. The van der Waals surface area contributed by atoms with Crippen LogP contribution < -0.4 is 11.3 Å². The van der Waals surface area contributed by atoms with Gasteiger partial charge in [0.15, 0.2) is 0 Å². The summed E-state index contributed by atoms with van der Waals surface area (Å²) in [5.41, 5.74) is 3.93. The maximum absolute atomic E-state index is 13.5. The third kappa shape index (κ3) is 2.88. The minimum absolute atomic E-state index is 0.243. The smallest absolute Gasteiger partial charge is 0.129 e. The second-order valence-electron chi connectivity index (χ2n) is 3.94. The van der Waals surface area contributed by atoms with Gasteiger partial charge in [-0.05, 0) is 35.7 Å². The molecule has 0 aliphatic carbocycles. The number of halogens is 2. The van der Waals surface area contributed by atoms with Crippen LogP contribution in [0, 0.1) is 11.6 Å². The molecule has 1 aromatic heterocycles. The van der Waals surface area contributed by atoms with E-state index in [9.17, 15) is 8.78 Å². The van der Waals surface area contributed by atoms with Crippen LogP contribution in [0.3, 0.4) is 0 Å². The maximum Gasteiger partial charge on any atom is 0.129 e. The Bertz CT molecular complexity index is 517. The average Bonchev–Trinajstić information content (AvgIpc) is 2.39. The normalized spacial score (nSPS) is 12.4. The molecule has 0 bridgehead atoms. The van der Waals surface area contributed by atoms with Crippen molar-refractivity contribution in [2.24, 2.45) is 5.84 Å². The van der Waals surface area contributed by atoms with Crippen LogP contribution >= 0.6 is 0 Å². The summed E-state index contributed by atoms with van der Waals surface area (Å²) in [7, 11) is 0.